The predicted octanol–water partition coefficient (Wildman–Crippen LogP) is 3.15. The maximum absolute atomic E-state index is 11.2. The van der Waals surface area contributed by atoms with Gasteiger partial charge in [-0.3, -0.25) is 0 Å². The number of carbonyl (C=O) groups excluding carboxylic acids is 1. The van der Waals surface area contributed by atoms with E-state index in [1.807, 2.05) is 5.38 Å². The van der Waals surface area contributed by atoms with E-state index in [2.05, 4.69) is 11.4 Å². The van der Waals surface area contributed by atoms with Crippen molar-refractivity contribution >= 4 is 40.7 Å². The third-order valence-corrected chi connectivity index (χ3v) is 3.92. The molecule has 0 saturated carbocycles. The molecule has 0 aliphatic rings. The second kappa shape index (κ2) is 7.14. The van der Waals surface area contributed by atoms with Gasteiger partial charge < -0.3 is 4.74 Å². The number of aryl methyl sites for hydroxylation is 1. The molecule has 2 nitrogen and oxygen atoms in total. The van der Waals surface area contributed by atoms with Crippen LogP contribution in [-0.2, 0) is 16.0 Å². The van der Waals surface area contributed by atoms with Crippen LogP contribution in [0.2, 0.25) is 0 Å². The summed E-state index contributed by atoms with van der Waals surface area (Å²) in [6.45, 7) is 2.16. The van der Waals surface area contributed by atoms with Gasteiger partial charge in [0.05, 0.1) is 6.61 Å². The summed E-state index contributed by atoms with van der Waals surface area (Å²) < 4.78 is 4.22. The second-order valence-electron chi connectivity index (χ2n) is 2.82. The van der Waals surface area contributed by atoms with Crippen molar-refractivity contribution in [1.29, 1.82) is 0 Å². The highest BCUT2D eigenvalue weighted by Crippen LogP contribution is 2.19. The standard InChI is InChI=1S/C10H13ClO2S2/c1-2-13-10(12)9(11)15-6-4-8-3-5-14-7-8/h3,5,7,9H,2,4,6H2,1H3. The highest BCUT2D eigenvalue weighted by atomic mass is 35.5. The van der Waals surface area contributed by atoms with Gasteiger partial charge in [0.25, 0.3) is 0 Å². The van der Waals surface area contributed by atoms with Crippen molar-refractivity contribution in [2.45, 2.75) is 18.1 Å². The minimum absolute atomic E-state index is 0.338. The van der Waals surface area contributed by atoms with Crippen molar-refractivity contribution in [3.05, 3.63) is 22.4 Å². The molecule has 0 aromatic carbocycles. The topological polar surface area (TPSA) is 26.3 Å². The van der Waals surface area contributed by atoms with E-state index in [0.717, 1.165) is 12.2 Å². The van der Waals surface area contributed by atoms with Crippen molar-refractivity contribution in [2.24, 2.45) is 0 Å². The molecule has 0 amide bonds. The van der Waals surface area contributed by atoms with E-state index in [1.165, 1.54) is 17.3 Å². The van der Waals surface area contributed by atoms with Crippen molar-refractivity contribution < 1.29 is 9.53 Å². The summed E-state index contributed by atoms with van der Waals surface area (Å²) in [4.78, 5) is 11.2. The quantitative estimate of drug-likeness (QED) is 0.583. The Hall–Kier alpha value is -0.190. The number of ether oxygens (including phenoxy) is 1. The lowest BCUT2D eigenvalue weighted by atomic mass is 10.3. The van der Waals surface area contributed by atoms with Gasteiger partial charge in [-0.1, -0.05) is 11.6 Å². The lowest BCUT2D eigenvalue weighted by molar-refractivity contribution is -0.140. The van der Waals surface area contributed by atoms with Crippen LogP contribution in [0.3, 0.4) is 0 Å². The van der Waals surface area contributed by atoms with E-state index in [9.17, 15) is 4.79 Å². The molecule has 0 saturated heterocycles. The van der Waals surface area contributed by atoms with Gasteiger partial charge in [-0.2, -0.15) is 11.3 Å². The number of hydrogen-bond acceptors (Lipinski definition) is 4. The second-order valence-corrected chi connectivity index (χ2v) is 5.51. The van der Waals surface area contributed by atoms with E-state index >= 15 is 0 Å². The minimum Gasteiger partial charge on any atom is -0.464 e. The first-order valence-electron chi connectivity index (χ1n) is 4.67. The summed E-state index contributed by atoms with van der Waals surface area (Å²) in [7, 11) is 0. The van der Waals surface area contributed by atoms with E-state index in [-0.39, 0.29) is 5.97 Å². The molecule has 0 bridgehead atoms. The molecule has 15 heavy (non-hydrogen) atoms. The van der Waals surface area contributed by atoms with Gasteiger partial charge in [0.15, 0.2) is 4.71 Å². The Morgan fingerprint density at radius 2 is 2.53 bits per heavy atom. The summed E-state index contributed by atoms with van der Waals surface area (Å²) in [6.07, 6.45) is 0.941. The lowest BCUT2D eigenvalue weighted by Crippen LogP contribution is -2.15. The van der Waals surface area contributed by atoms with E-state index in [4.69, 9.17) is 16.3 Å². The number of halogens is 1. The highest BCUT2D eigenvalue weighted by molar-refractivity contribution is 8.01. The number of rotatable bonds is 6. The molecule has 0 aliphatic carbocycles. The fourth-order valence-electron chi connectivity index (χ4n) is 0.991. The molecule has 1 rings (SSSR count). The molecule has 1 heterocycles. The molecular weight excluding hydrogens is 252 g/mol. The summed E-state index contributed by atoms with van der Waals surface area (Å²) >= 11 is 8.94. The van der Waals surface area contributed by atoms with Crippen molar-refractivity contribution in [2.75, 3.05) is 12.4 Å². The summed E-state index contributed by atoms with van der Waals surface area (Å²) in [5.74, 6) is 0.499. The van der Waals surface area contributed by atoms with Gasteiger partial charge in [-0.25, -0.2) is 4.79 Å². The first kappa shape index (κ1) is 12.9. The summed E-state index contributed by atoms with van der Waals surface area (Å²) in [5, 5.41) is 4.15. The number of alkyl halides is 1. The van der Waals surface area contributed by atoms with Crippen LogP contribution in [0.5, 0.6) is 0 Å². The number of esters is 1. The van der Waals surface area contributed by atoms with Crippen LogP contribution in [0, 0.1) is 0 Å². The molecule has 84 valence electrons. The molecule has 1 aromatic heterocycles. The van der Waals surface area contributed by atoms with Crippen LogP contribution in [0.4, 0.5) is 0 Å². The number of carbonyl (C=O) groups is 1. The first-order chi connectivity index (χ1) is 7.24. The van der Waals surface area contributed by atoms with Crippen LogP contribution in [0.1, 0.15) is 12.5 Å². The predicted molar refractivity (Wildman–Crippen MR) is 66.8 cm³/mol. The van der Waals surface area contributed by atoms with Crippen LogP contribution in [0.15, 0.2) is 16.8 Å². The van der Waals surface area contributed by atoms with Crippen molar-refractivity contribution in [3.63, 3.8) is 0 Å². The van der Waals surface area contributed by atoms with Gasteiger partial charge in [-0.05, 0) is 41.5 Å². The number of hydrogen-bond donors (Lipinski definition) is 0. The lowest BCUT2D eigenvalue weighted by Gasteiger charge is -2.07. The molecule has 1 atom stereocenters. The van der Waals surface area contributed by atoms with Crippen LogP contribution in [0.25, 0.3) is 0 Å². The third-order valence-electron chi connectivity index (χ3n) is 1.71. The zero-order valence-corrected chi connectivity index (χ0v) is 10.8. The Kier molecular flexibility index (Phi) is 6.13. The third kappa shape index (κ3) is 4.91. The monoisotopic (exact) mass is 264 g/mol. The van der Waals surface area contributed by atoms with Gasteiger partial charge in [0.2, 0.25) is 0 Å². The molecule has 0 N–H and O–H groups in total. The Morgan fingerprint density at radius 3 is 3.13 bits per heavy atom. The molecule has 0 radical (unpaired) electrons. The number of thiophene rings is 1. The molecule has 0 spiro atoms. The molecule has 1 aromatic rings. The van der Waals surface area contributed by atoms with E-state index in [1.54, 1.807) is 18.3 Å². The Labute approximate surface area is 103 Å². The van der Waals surface area contributed by atoms with Crippen molar-refractivity contribution in [1.82, 2.24) is 0 Å². The molecule has 5 heteroatoms. The van der Waals surface area contributed by atoms with Gasteiger partial charge in [0.1, 0.15) is 0 Å². The molecule has 0 aliphatic heterocycles. The zero-order valence-electron chi connectivity index (χ0n) is 8.44. The smallest absolute Gasteiger partial charge is 0.334 e. The summed E-state index contributed by atoms with van der Waals surface area (Å²) in [6, 6.07) is 2.08. The SMILES string of the molecule is CCOC(=O)C(Cl)SCCc1ccsc1. The van der Waals surface area contributed by atoms with Crippen LogP contribution >= 0.6 is 34.7 Å². The maximum atomic E-state index is 11.2. The average molecular weight is 265 g/mol. The Balaban J connectivity index is 2.17. The summed E-state index contributed by atoms with van der Waals surface area (Å²) in [5.41, 5.74) is 1.29. The Bertz CT molecular complexity index is 288. The van der Waals surface area contributed by atoms with Crippen LogP contribution in [-0.4, -0.2) is 23.0 Å². The zero-order chi connectivity index (χ0) is 11.1. The first-order valence-corrected chi connectivity index (χ1v) is 7.10. The maximum Gasteiger partial charge on any atom is 0.334 e. The largest absolute Gasteiger partial charge is 0.464 e. The fraction of sp³-hybridized carbons (Fsp3) is 0.500. The molecule has 1 unspecified atom stereocenters. The normalized spacial score (nSPS) is 12.4. The Morgan fingerprint density at radius 1 is 1.73 bits per heavy atom. The fourth-order valence-corrected chi connectivity index (χ4v) is 2.79. The minimum atomic E-state index is -0.580. The van der Waals surface area contributed by atoms with Crippen molar-refractivity contribution in [3.8, 4) is 0 Å². The van der Waals surface area contributed by atoms with Gasteiger partial charge in [0, 0.05) is 0 Å². The molecule has 0 fully saturated rings. The van der Waals surface area contributed by atoms with Crippen LogP contribution < -0.4 is 0 Å². The van der Waals surface area contributed by atoms with Gasteiger partial charge in [-0.15, -0.1) is 11.8 Å². The van der Waals surface area contributed by atoms with Gasteiger partial charge >= 0.3 is 5.97 Å². The van der Waals surface area contributed by atoms with E-state index < -0.39 is 4.71 Å². The average Bonchev–Trinajstić information content (AvgIpc) is 2.71. The van der Waals surface area contributed by atoms with E-state index in [0.29, 0.717) is 6.61 Å². The molecular formula is C10H13ClO2S2. The number of thioether (sulfide) groups is 1. The highest BCUT2D eigenvalue weighted by Gasteiger charge is 2.16.